The molecule has 0 unspecified atom stereocenters. The number of nitrogens with zero attached hydrogens (tertiary/aromatic N) is 2. The van der Waals surface area contributed by atoms with Gasteiger partial charge in [-0.2, -0.15) is 4.39 Å². The van der Waals surface area contributed by atoms with Gasteiger partial charge in [-0.05, 0) is 10.8 Å². The molecule has 0 bridgehead atoms. The maximum Gasteiger partial charge on any atom is 0.217 e. The van der Waals surface area contributed by atoms with E-state index in [9.17, 15) is 4.39 Å². The maximum absolute atomic E-state index is 12.8. The van der Waals surface area contributed by atoms with Crippen LogP contribution in [-0.4, -0.2) is 16.0 Å². The minimum atomic E-state index is -0.497. The Labute approximate surface area is 89.1 Å². The molecular weight excluding hydrogens is 193 g/mol. The Balaban J connectivity index is 2.12. The van der Waals surface area contributed by atoms with E-state index >= 15 is 0 Å². The van der Waals surface area contributed by atoms with E-state index in [0.717, 1.165) is 0 Å². The number of hydrogen-bond donors (Lipinski definition) is 1. The molecule has 0 radical (unpaired) electrons. The van der Waals surface area contributed by atoms with Gasteiger partial charge in [0.05, 0.1) is 0 Å². The lowest BCUT2D eigenvalue weighted by molar-refractivity contribution is 0.457. The zero-order valence-corrected chi connectivity index (χ0v) is 9.50. The molecule has 0 aliphatic heterocycles. The number of hydrogen-bond acceptors (Lipinski definition) is 3. The molecule has 0 amide bonds. The highest BCUT2D eigenvalue weighted by Crippen LogP contribution is 2.63. The molecule has 0 atom stereocenters. The second kappa shape index (κ2) is 2.90. The first-order valence-corrected chi connectivity index (χ1v) is 5.10. The molecule has 1 fully saturated rings. The highest BCUT2D eigenvalue weighted by atomic mass is 19.1. The molecule has 1 aromatic rings. The van der Waals surface area contributed by atoms with Gasteiger partial charge in [-0.15, -0.1) is 0 Å². The van der Waals surface area contributed by atoms with Crippen molar-refractivity contribution in [3.8, 4) is 0 Å². The Bertz CT molecular complexity index is 373. The van der Waals surface area contributed by atoms with Crippen LogP contribution in [0.15, 0.2) is 12.4 Å². The summed E-state index contributed by atoms with van der Waals surface area (Å²) in [6, 6.07) is 1.66. The van der Waals surface area contributed by atoms with Crippen LogP contribution >= 0.6 is 0 Å². The summed E-state index contributed by atoms with van der Waals surface area (Å²) in [7, 11) is 0. The summed E-state index contributed by atoms with van der Waals surface area (Å²) in [5, 5.41) is 3.25. The Morgan fingerprint density at radius 1 is 1.20 bits per heavy atom. The summed E-state index contributed by atoms with van der Waals surface area (Å²) in [4.78, 5) is 7.41. The fourth-order valence-corrected chi connectivity index (χ4v) is 2.12. The predicted molar refractivity (Wildman–Crippen MR) is 57.0 cm³/mol. The SMILES string of the molecule is CC1(C)C(Nc2cc(F)ncn2)C1(C)C. The maximum atomic E-state index is 12.8. The van der Waals surface area contributed by atoms with Crippen LogP contribution in [0, 0.1) is 16.8 Å². The molecule has 82 valence electrons. The molecule has 3 nitrogen and oxygen atoms in total. The van der Waals surface area contributed by atoms with Gasteiger partial charge in [0, 0.05) is 12.1 Å². The van der Waals surface area contributed by atoms with E-state index < -0.39 is 5.95 Å². The molecule has 0 spiro atoms. The van der Waals surface area contributed by atoms with Crippen molar-refractivity contribution in [2.24, 2.45) is 10.8 Å². The van der Waals surface area contributed by atoms with Crippen LogP contribution < -0.4 is 5.32 Å². The third kappa shape index (κ3) is 1.48. The van der Waals surface area contributed by atoms with E-state index in [2.05, 4.69) is 43.0 Å². The van der Waals surface area contributed by atoms with Gasteiger partial charge in [0.25, 0.3) is 0 Å². The van der Waals surface area contributed by atoms with Crippen molar-refractivity contribution in [2.75, 3.05) is 5.32 Å². The molecule has 1 aliphatic rings. The Kier molecular flexibility index (Phi) is 2.00. The zero-order chi connectivity index (χ0) is 11.3. The van der Waals surface area contributed by atoms with Crippen molar-refractivity contribution < 1.29 is 4.39 Å². The van der Waals surface area contributed by atoms with E-state index in [0.29, 0.717) is 11.9 Å². The van der Waals surface area contributed by atoms with Crippen molar-refractivity contribution >= 4 is 5.82 Å². The highest BCUT2D eigenvalue weighted by Gasteiger charge is 2.65. The van der Waals surface area contributed by atoms with Crippen LogP contribution in [0.1, 0.15) is 27.7 Å². The Morgan fingerprint density at radius 3 is 2.27 bits per heavy atom. The fraction of sp³-hybridized carbons (Fsp3) is 0.636. The second-order valence-electron chi connectivity index (χ2n) is 5.25. The first-order chi connectivity index (χ1) is 6.85. The smallest absolute Gasteiger partial charge is 0.217 e. The van der Waals surface area contributed by atoms with E-state index in [-0.39, 0.29) is 10.8 Å². The number of halogens is 1. The molecular formula is C11H16FN3. The van der Waals surface area contributed by atoms with Gasteiger partial charge in [0.15, 0.2) is 0 Å². The van der Waals surface area contributed by atoms with Gasteiger partial charge >= 0.3 is 0 Å². The number of aromatic nitrogens is 2. The summed E-state index contributed by atoms with van der Waals surface area (Å²) in [6.07, 6.45) is 1.24. The molecule has 15 heavy (non-hydrogen) atoms. The van der Waals surface area contributed by atoms with Gasteiger partial charge in [-0.1, -0.05) is 27.7 Å². The Hall–Kier alpha value is -1.19. The summed E-state index contributed by atoms with van der Waals surface area (Å²) < 4.78 is 12.8. The number of anilines is 1. The van der Waals surface area contributed by atoms with Gasteiger partial charge in [-0.3, -0.25) is 0 Å². The summed E-state index contributed by atoms with van der Waals surface area (Å²) >= 11 is 0. The van der Waals surface area contributed by atoms with Crippen LogP contribution in [0.25, 0.3) is 0 Å². The lowest BCUT2D eigenvalue weighted by Gasteiger charge is -2.06. The standard InChI is InChI=1S/C11H16FN3/c1-10(2)9(11(10,3)4)15-8-5-7(12)13-6-14-8/h5-6,9H,1-4H3,(H,13,14,15). The van der Waals surface area contributed by atoms with Crippen LogP contribution in [0.4, 0.5) is 10.2 Å². The molecule has 4 heteroatoms. The van der Waals surface area contributed by atoms with E-state index in [1.165, 1.54) is 12.4 Å². The first kappa shape index (κ1) is 10.3. The average Bonchev–Trinajstić information content (AvgIpc) is 2.48. The van der Waals surface area contributed by atoms with Gasteiger partial charge in [0.1, 0.15) is 12.1 Å². The van der Waals surface area contributed by atoms with E-state index in [4.69, 9.17) is 0 Å². The molecule has 1 aliphatic carbocycles. The third-order valence-electron chi connectivity index (χ3n) is 3.95. The zero-order valence-electron chi connectivity index (χ0n) is 9.50. The first-order valence-electron chi connectivity index (χ1n) is 5.10. The monoisotopic (exact) mass is 209 g/mol. The third-order valence-corrected chi connectivity index (χ3v) is 3.95. The van der Waals surface area contributed by atoms with Crippen molar-refractivity contribution in [3.05, 3.63) is 18.3 Å². The fourth-order valence-electron chi connectivity index (χ4n) is 2.12. The van der Waals surface area contributed by atoms with Gasteiger partial charge < -0.3 is 5.32 Å². The highest BCUT2D eigenvalue weighted by molar-refractivity contribution is 5.40. The second-order valence-corrected chi connectivity index (χ2v) is 5.25. The van der Waals surface area contributed by atoms with E-state index in [1.807, 2.05) is 0 Å². The number of rotatable bonds is 2. The van der Waals surface area contributed by atoms with Gasteiger partial charge in [0.2, 0.25) is 5.95 Å². The molecule has 1 aromatic heterocycles. The van der Waals surface area contributed by atoms with Crippen molar-refractivity contribution in [2.45, 2.75) is 33.7 Å². The molecule has 2 rings (SSSR count). The quantitative estimate of drug-likeness (QED) is 0.760. The minimum absolute atomic E-state index is 0.217. The Morgan fingerprint density at radius 2 is 1.80 bits per heavy atom. The molecule has 0 aromatic carbocycles. The van der Waals surface area contributed by atoms with Crippen LogP contribution in [-0.2, 0) is 0 Å². The van der Waals surface area contributed by atoms with Crippen molar-refractivity contribution in [3.63, 3.8) is 0 Å². The van der Waals surface area contributed by atoms with Crippen molar-refractivity contribution in [1.29, 1.82) is 0 Å². The van der Waals surface area contributed by atoms with Crippen LogP contribution in [0.2, 0.25) is 0 Å². The van der Waals surface area contributed by atoms with Gasteiger partial charge in [-0.25, -0.2) is 9.97 Å². The molecule has 1 heterocycles. The molecule has 1 saturated carbocycles. The summed E-state index contributed by atoms with van der Waals surface area (Å²) in [5.41, 5.74) is 0.433. The summed E-state index contributed by atoms with van der Waals surface area (Å²) in [5.74, 6) is 0.0647. The predicted octanol–water partition coefficient (Wildman–Crippen LogP) is 2.46. The minimum Gasteiger partial charge on any atom is -0.366 e. The van der Waals surface area contributed by atoms with Crippen LogP contribution in [0.5, 0.6) is 0 Å². The lowest BCUT2D eigenvalue weighted by atomic mass is 10.0. The molecule has 1 N–H and O–H groups in total. The summed E-state index contributed by atoms with van der Waals surface area (Å²) in [6.45, 7) is 8.79. The van der Waals surface area contributed by atoms with Crippen molar-refractivity contribution in [1.82, 2.24) is 9.97 Å². The normalized spacial score (nSPS) is 22.5. The topological polar surface area (TPSA) is 37.8 Å². The largest absolute Gasteiger partial charge is 0.366 e. The average molecular weight is 209 g/mol. The molecule has 0 saturated heterocycles. The number of nitrogens with one attached hydrogen (secondary N) is 1. The lowest BCUT2D eigenvalue weighted by Crippen LogP contribution is -2.11. The van der Waals surface area contributed by atoms with E-state index in [1.54, 1.807) is 0 Å². The van der Waals surface area contributed by atoms with Crippen LogP contribution in [0.3, 0.4) is 0 Å².